The molecule has 0 amide bonds. The van der Waals surface area contributed by atoms with Crippen molar-refractivity contribution in [2.75, 3.05) is 11.4 Å². The average molecular weight is 334 g/mol. The van der Waals surface area contributed by atoms with Crippen molar-refractivity contribution in [1.29, 1.82) is 5.26 Å². The van der Waals surface area contributed by atoms with Gasteiger partial charge in [-0.3, -0.25) is 0 Å². The SMILES string of the molecule is CC(C)CN1c2nc(C#N)ncc2C2CC21CC1/C=C\C=C/CCC1. The fourth-order valence-electron chi connectivity index (χ4n) is 4.68. The third kappa shape index (κ3) is 2.86. The summed E-state index contributed by atoms with van der Waals surface area (Å²) in [5, 5.41) is 9.19. The lowest BCUT2D eigenvalue weighted by atomic mass is 9.90. The van der Waals surface area contributed by atoms with Gasteiger partial charge in [-0.25, -0.2) is 9.97 Å². The average Bonchev–Trinajstić information content (AvgIpc) is 3.23. The van der Waals surface area contributed by atoms with E-state index in [1.807, 2.05) is 6.20 Å². The summed E-state index contributed by atoms with van der Waals surface area (Å²) in [7, 11) is 0. The summed E-state index contributed by atoms with van der Waals surface area (Å²) < 4.78 is 0. The maximum Gasteiger partial charge on any atom is 0.234 e. The molecule has 1 fully saturated rings. The van der Waals surface area contributed by atoms with Crippen LogP contribution in [0, 0.1) is 23.2 Å². The summed E-state index contributed by atoms with van der Waals surface area (Å²) in [5.41, 5.74) is 1.46. The van der Waals surface area contributed by atoms with Crippen molar-refractivity contribution in [2.24, 2.45) is 11.8 Å². The molecule has 4 nitrogen and oxygen atoms in total. The van der Waals surface area contributed by atoms with Gasteiger partial charge in [-0.05, 0) is 43.9 Å². The number of rotatable bonds is 4. The minimum atomic E-state index is 0.202. The molecule has 4 rings (SSSR count). The van der Waals surface area contributed by atoms with Crippen molar-refractivity contribution < 1.29 is 0 Å². The van der Waals surface area contributed by atoms with Crippen LogP contribution in [0.4, 0.5) is 5.82 Å². The minimum Gasteiger partial charge on any atom is -0.350 e. The molecule has 4 heteroatoms. The monoisotopic (exact) mass is 334 g/mol. The maximum absolute atomic E-state index is 9.19. The number of nitriles is 1. The molecule has 1 aromatic rings. The lowest BCUT2D eigenvalue weighted by Gasteiger charge is -2.34. The van der Waals surface area contributed by atoms with Gasteiger partial charge < -0.3 is 4.90 Å². The Labute approximate surface area is 150 Å². The van der Waals surface area contributed by atoms with Gasteiger partial charge in [0.25, 0.3) is 0 Å². The van der Waals surface area contributed by atoms with Crippen molar-refractivity contribution >= 4 is 5.82 Å². The van der Waals surface area contributed by atoms with Crippen LogP contribution in [0.2, 0.25) is 0 Å². The number of nitrogens with zero attached hydrogens (tertiary/aromatic N) is 4. The number of allylic oxidation sites excluding steroid dienone is 4. The number of hydrogen-bond acceptors (Lipinski definition) is 4. The van der Waals surface area contributed by atoms with Crippen LogP contribution in [0.5, 0.6) is 0 Å². The molecule has 0 bridgehead atoms. The first-order valence-corrected chi connectivity index (χ1v) is 9.52. The van der Waals surface area contributed by atoms with Crippen LogP contribution >= 0.6 is 0 Å². The maximum atomic E-state index is 9.19. The van der Waals surface area contributed by atoms with Crippen molar-refractivity contribution in [2.45, 2.75) is 57.4 Å². The largest absolute Gasteiger partial charge is 0.350 e. The molecule has 3 atom stereocenters. The molecular weight excluding hydrogens is 308 g/mol. The minimum absolute atomic E-state index is 0.202. The van der Waals surface area contributed by atoms with E-state index in [1.165, 1.54) is 37.7 Å². The van der Waals surface area contributed by atoms with Crippen molar-refractivity contribution in [3.05, 3.63) is 41.9 Å². The van der Waals surface area contributed by atoms with E-state index in [4.69, 9.17) is 0 Å². The zero-order valence-corrected chi connectivity index (χ0v) is 15.2. The van der Waals surface area contributed by atoms with E-state index in [0.717, 1.165) is 12.4 Å². The van der Waals surface area contributed by atoms with Gasteiger partial charge in [-0.2, -0.15) is 5.26 Å². The van der Waals surface area contributed by atoms with Crippen LogP contribution in [-0.4, -0.2) is 22.1 Å². The second kappa shape index (κ2) is 6.29. The first kappa shape index (κ1) is 16.3. The van der Waals surface area contributed by atoms with Gasteiger partial charge in [0.1, 0.15) is 11.9 Å². The Morgan fingerprint density at radius 3 is 3.08 bits per heavy atom. The van der Waals surface area contributed by atoms with Crippen LogP contribution in [0.1, 0.15) is 63.3 Å². The molecule has 0 N–H and O–H groups in total. The van der Waals surface area contributed by atoms with Crippen LogP contribution in [0.25, 0.3) is 0 Å². The predicted molar refractivity (Wildman–Crippen MR) is 99.3 cm³/mol. The molecule has 1 aromatic heterocycles. The summed E-state index contributed by atoms with van der Waals surface area (Å²) in [5.74, 6) is 3.05. The Bertz CT molecular complexity index is 758. The van der Waals surface area contributed by atoms with Crippen molar-refractivity contribution in [1.82, 2.24) is 9.97 Å². The zero-order valence-electron chi connectivity index (χ0n) is 15.2. The zero-order chi connectivity index (χ0) is 17.4. The van der Waals surface area contributed by atoms with Crippen LogP contribution in [0.15, 0.2) is 30.5 Å². The summed E-state index contributed by atoms with van der Waals surface area (Å²) in [6, 6.07) is 2.10. The van der Waals surface area contributed by atoms with E-state index in [2.05, 4.69) is 59.1 Å². The van der Waals surface area contributed by atoms with Gasteiger partial charge in [-0.15, -0.1) is 0 Å². The molecule has 1 saturated carbocycles. The molecule has 2 aliphatic carbocycles. The molecule has 3 aliphatic rings. The lowest BCUT2D eigenvalue weighted by Crippen LogP contribution is -2.40. The second-order valence-electron chi connectivity index (χ2n) is 8.16. The predicted octanol–water partition coefficient (Wildman–Crippen LogP) is 4.35. The fourth-order valence-corrected chi connectivity index (χ4v) is 4.68. The lowest BCUT2D eigenvalue weighted by molar-refractivity contribution is 0.416. The molecule has 130 valence electrons. The van der Waals surface area contributed by atoms with Crippen LogP contribution < -0.4 is 4.90 Å². The molecule has 0 radical (unpaired) electrons. The van der Waals surface area contributed by atoms with Crippen LogP contribution in [0.3, 0.4) is 0 Å². The Morgan fingerprint density at radius 1 is 1.40 bits per heavy atom. The highest BCUT2D eigenvalue weighted by atomic mass is 15.3. The van der Waals surface area contributed by atoms with E-state index < -0.39 is 0 Å². The molecule has 25 heavy (non-hydrogen) atoms. The third-order valence-corrected chi connectivity index (χ3v) is 5.85. The van der Waals surface area contributed by atoms with E-state index in [-0.39, 0.29) is 5.54 Å². The molecule has 3 unspecified atom stereocenters. The van der Waals surface area contributed by atoms with Gasteiger partial charge in [0.15, 0.2) is 0 Å². The standard InChI is InChI=1S/C21H26N4/c1-15(2)14-25-20-17(13-23-19(12-22)24-20)18-11-21(18,25)10-16-8-6-4-3-5-7-9-16/h3-4,6,8,13,15-16,18H,5,7,9-11,14H2,1-2H3/b4-3-,8-6-. The van der Waals surface area contributed by atoms with Crippen molar-refractivity contribution in [3.63, 3.8) is 0 Å². The first-order chi connectivity index (χ1) is 12.1. The van der Waals surface area contributed by atoms with E-state index in [0.29, 0.717) is 23.6 Å². The van der Waals surface area contributed by atoms with Crippen molar-refractivity contribution in [3.8, 4) is 6.07 Å². The number of aromatic nitrogens is 2. The smallest absolute Gasteiger partial charge is 0.234 e. The first-order valence-electron chi connectivity index (χ1n) is 9.52. The molecule has 2 heterocycles. The second-order valence-corrected chi connectivity index (χ2v) is 8.16. The topological polar surface area (TPSA) is 52.8 Å². The van der Waals surface area contributed by atoms with Gasteiger partial charge in [-0.1, -0.05) is 38.2 Å². The number of fused-ring (bicyclic) bond motifs is 3. The molecular formula is C21H26N4. The Kier molecular flexibility index (Phi) is 4.11. The summed E-state index contributed by atoms with van der Waals surface area (Å²) in [6.07, 6.45) is 17.1. The Hall–Kier alpha value is -2.15. The van der Waals surface area contributed by atoms with E-state index >= 15 is 0 Å². The van der Waals surface area contributed by atoms with Crippen LogP contribution in [-0.2, 0) is 0 Å². The summed E-state index contributed by atoms with van der Waals surface area (Å²) in [4.78, 5) is 11.3. The molecule has 0 aromatic carbocycles. The molecule has 0 spiro atoms. The highest BCUT2D eigenvalue weighted by molar-refractivity contribution is 5.65. The van der Waals surface area contributed by atoms with Gasteiger partial charge >= 0.3 is 0 Å². The Morgan fingerprint density at radius 2 is 2.28 bits per heavy atom. The van der Waals surface area contributed by atoms with Gasteiger partial charge in [0.2, 0.25) is 5.82 Å². The third-order valence-electron chi connectivity index (χ3n) is 5.85. The molecule has 0 saturated heterocycles. The summed E-state index contributed by atoms with van der Waals surface area (Å²) >= 11 is 0. The summed E-state index contributed by atoms with van der Waals surface area (Å²) in [6.45, 7) is 5.52. The van der Waals surface area contributed by atoms with Gasteiger partial charge in [0.05, 0.1) is 0 Å². The highest BCUT2D eigenvalue weighted by Crippen LogP contribution is 2.66. The number of anilines is 1. The van der Waals surface area contributed by atoms with Gasteiger partial charge in [0, 0.05) is 29.8 Å². The van der Waals surface area contributed by atoms with E-state index in [1.54, 1.807) is 0 Å². The fraction of sp³-hybridized carbons (Fsp3) is 0.571. The Balaban J connectivity index is 1.64. The molecule has 1 aliphatic heterocycles. The normalized spacial score (nSPS) is 32.3. The highest BCUT2D eigenvalue weighted by Gasteiger charge is 2.65. The van der Waals surface area contributed by atoms with E-state index in [9.17, 15) is 5.26 Å². The number of hydrogen-bond donors (Lipinski definition) is 0. The quantitative estimate of drug-likeness (QED) is 0.821.